The molecule has 1 aliphatic rings. The Kier molecular flexibility index (Phi) is 4.82. The minimum Gasteiger partial charge on any atom is -0.376 e. The van der Waals surface area contributed by atoms with Gasteiger partial charge in [-0.15, -0.1) is 0 Å². The zero-order valence-corrected chi connectivity index (χ0v) is 14.7. The van der Waals surface area contributed by atoms with Crippen molar-refractivity contribution in [2.45, 2.75) is 32.3 Å². The lowest BCUT2D eigenvalue weighted by atomic mass is 10.00. The maximum absolute atomic E-state index is 12.7. The Morgan fingerprint density at radius 2 is 2.25 bits per heavy atom. The maximum Gasteiger partial charge on any atom is 0.255 e. The SMILES string of the molecule is Cc1nc([C@@H]2CCO[C@@H]2CN(C)C(=O)c2cncc(Cl)c2C)n[nH]1. The van der Waals surface area contributed by atoms with E-state index in [0.717, 1.165) is 23.6 Å². The molecule has 1 amide bonds. The number of pyridine rings is 1. The van der Waals surface area contributed by atoms with Crippen molar-refractivity contribution in [2.75, 3.05) is 20.2 Å². The summed E-state index contributed by atoms with van der Waals surface area (Å²) in [5, 5.41) is 7.59. The first-order valence-electron chi connectivity index (χ1n) is 7.83. The van der Waals surface area contributed by atoms with E-state index in [4.69, 9.17) is 16.3 Å². The molecular formula is C16H20ClN5O2. The molecule has 1 saturated heterocycles. The fraction of sp³-hybridized carbons (Fsp3) is 0.500. The predicted octanol–water partition coefficient (Wildman–Crippen LogP) is 2.11. The topological polar surface area (TPSA) is 84.0 Å². The van der Waals surface area contributed by atoms with Gasteiger partial charge in [0.25, 0.3) is 5.91 Å². The standard InChI is InChI=1S/C16H20ClN5O2/c1-9-12(6-18-7-13(9)17)16(23)22(3)8-14-11(4-5-24-14)15-19-10(2)20-21-15/h6-7,11,14H,4-5,8H2,1-3H3,(H,19,20,21)/t11-,14-/m1/s1. The first kappa shape index (κ1) is 16.9. The highest BCUT2D eigenvalue weighted by Gasteiger charge is 2.34. The van der Waals surface area contributed by atoms with Gasteiger partial charge in [0.1, 0.15) is 5.82 Å². The Hall–Kier alpha value is -1.99. The second-order valence-corrected chi connectivity index (χ2v) is 6.47. The Morgan fingerprint density at radius 3 is 2.96 bits per heavy atom. The minimum atomic E-state index is -0.124. The number of nitrogens with zero attached hydrogens (tertiary/aromatic N) is 4. The summed E-state index contributed by atoms with van der Waals surface area (Å²) in [6.45, 7) is 4.79. The van der Waals surface area contributed by atoms with Gasteiger partial charge in [-0.25, -0.2) is 4.98 Å². The maximum atomic E-state index is 12.7. The number of aryl methyl sites for hydroxylation is 1. The van der Waals surface area contributed by atoms with Gasteiger partial charge < -0.3 is 9.64 Å². The van der Waals surface area contributed by atoms with E-state index in [-0.39, 0.29) is 17.9 Å². The van der Waals surface area contributed by atoms with E-state index < -0.39 is 0 Å². The molecule has 0 spiro atoms. The molecule has 1 fully saturated rings. The van der Waals surface area contributed by atoms with Crippen molar-refractivity contribution >= 4 is 17.5 Å². The summed E-state index contributed by atoms with van der Waals surface area (Å²) in [6, 6.07) is 0. The van der Waals surface area contributed by atoms with Crippen LogP contribution in [0.5, 0.6) is 0 Å². The molecule has 7 nitrogen and oxygen atoms in total. The molecule has 0 aliphatic carbocycles. The van der Waals surface area contributed by atoms with Crippen molar-refractivity contribution < 1.29 is 9.53 Å². The Labute approximate surface area is 145 Å². The lowest BCUT2D eigenvalue weighted by Crippen LogP contribution is -2.36. The zero-order valence-electron chi connectivity index (χ0n) is 13.9. The van der Waals surface area contributed by atoms with Crippen LogP contribution in [0.1, 0.15) is 39.9 Å². The van der Waals surface area contributed by atoms with E-state index in [1.54, 1.807) is 18.1 Å². The van der Waals surface area contributed by atoms with Crippen LogP contribution in [0, 0.1) is 13.8 Å². The number of hydrogen-bond acceptors (Lipinski definition) is 5. The first-order chi connectivity index (χ1) is 11.5. The number of ether oxygens (including phenoxy) is 1. The molecule has 3 heterocycles. The monoisotopic (exact) mass is 349 g/mol. The molecular weight excluding hydrogens is 330 g/mol. The zero-order chi connectivity index (χ0) is 17.3. The van der Waals surface area contributed by atoms with Crippen molar-refractivity contribution in [1.29, 1.82) is 0 Å². The number of carbonyl (C=O) groups is 1. The molecule has 8 heteroatoms. The van der Waals surface area contributed by atoms with Crippen LogP contribution in [0.15, 0.2) is 12.4 Å². The molecule has 2 atom stereocenters. The van der Waals surface area contributed by atoms with Crippen LogP contribution in [-0.2, 0) is 4.74 Å². The van der Waals surface area contributed by atoms with Gasteiger partial charge in [-0.05, 0) is 25.8 Å². The Balaban J connectivity index is 1.72. The smallest absolute Gasteiger partial charge is 0.255 e. The van der Waals surface area contributed by atoms with Crippen molar-refractivity contribution in [3.8, 4) is 0 Å². The van der Waals surface area contributed by atoms with Gasteiger partial charge in [-0.2, -0.15) is 5.10 Å². The van der Waals surface area contributed by atoms with Gasteiger partial charge in [0, 0.05) is 32.6 Å². The van der Waals surface area contributed by atoms with Gasteiger partial charge in [0.2, 0.25) is 0 Å². The normalized spacial score (nSPS) is 20.3. The highest BCUT2D eigenvalue weighted by Crippen LogP contribution is 2.30. The summed E-state index contributed by atoms with van der Waals surface area (Å²) in [5.41, 5.74) is 1.24. The number of hydrogen-bond donors (Lipinski definition) is 1. The summed E-state index contributed by atoms with van der Waals surface area (Å²) in [6.07, 6.45) is 3.81. The van der Waals surface area contributed by atoms with Crippen LogP contribution in [-0.4, -0.2) is 57.3 Å². The second kappa shape index (κ2) is 6.86. The van der Waals surface area contributed by atoms with Gasteiger partial charge in [-0.3, -0.25) is 14.9 Å². The molecule has 24 heavy (non-hydrogen) atoms. The van der Waals surface area contributed by atoms with E-state index >= 15 is 0 Å². The molecule has 128 valence electrons. The first-order valence-corrected chi connectivity index (χ1v) is 8.21. The molecule has 0 saturated carbocycles. The van der Waals surface area contributed by atoms with Crippen LogP contribution >= 0.6 is 11.6 Å². The van der Waals surface area contributed by atoms with E-state index in [9.17, 15) is 4.79 Å². The molecule has 0 radical (unpaired) electrons. The summed E-state index contributed by atoms with van der Waals surface area (Å²) in [4.78, 5) is 22.7. The van der Waals surface area contributed by atoms with Crippen LogP contribution < -0.4 is 0 Å². The van der Waals surface area contributed by atoms with Crippen LogP contribution in [0.25, 0.3) is 0 Å². The number of aromatic amines is 1. The molecule has 1 N–H and O–H groups in total. The Bertz CT molecular complexity index is 748. The number of amides is 1. The molecule has 0 bridgehead atoms. The average Bonchev–Trinajstić information content (AvgIpc) is 3.18. The van der Waals surface area contributed by atoms with E-state index in [1.165, 1.54) is 6.20 Å². The van der Waals surface area contributed by atoms with E-state index in [1.807, 2.05) is 13.8 Å². The second-order valence-electron chi connectivity index (χ2n) is 6.06. The van der Waals surface area contributed by atoms with Gasteiger partial charge >= 0.3 is 0 Å². The number of halogens is 1. The summed E-state index contributed by atoms with van der Waals surface area (Å²) in [5.74, 6) is 1.49. The van der Waals surface area contributed by atoms with Crippen molar-refractivity contribution in [2.24, 2.45) is 0 Å². The molecule has 2 aromatic heterocycles. The molecule has 1 aliphatic heterocycles. The van der Waals surface area contributed by atoms with Crippen molar-refractivity contribution in [3.05, 3.63) is 40.2 Å². The van der Waals surface area contributed by atoms with Crippen LogP contribution in [0.4, 0.5) is 0 Å². The lowest BCUT2D eigenvalue weighted by molar-refractivity contribution is 0.0549. The van der Waals surface area contributed by atoms with Crippen molar-refractivity contribution in [1.82, 2.24) is 25.1 Å². The minimum absolute atomic E-state index is 0.0868. The summed E-state index contributed by atoms with van der Waals surface area (Å²) >= 11 is 6.06. The van der Waals surface area contributed by atoms with Crippen LogP contribution in [0.2, 0.25) is 5.02 Å². The van der Waals surface area contributed by atoms with E-state index in [2.05, 4.69) is 20.2 Å². The number of aromatic nitrogens is 4. The predicted molar refractivity (Wildman–Crippen MR) is 89.2 cm³/mol. The van der Waals surface area contributed by atoms with Gasteiger partial charge in [0.05, 0.1) is 22.6 Å². The Morgan fingerprint density at radius 1 is 1.46 bits per heavy atom. The highest BCUT2D eigenvalue weighted by molar-refractivity contribution is 6.31. The third kappa shape index (κ3) is 3.27. The fourth-order valence-electron chi connectivity index (χ4n) is 2.92. The number of rotatable bonds is 4. The number of carbonyl (C=O) groups excluding carboxylic acids is 1. The van der Waals surface area contributed by atoms with Crippen LogP contribution in [0.3, 0.4) is 0 Å². The lowest BCUT2D eigenvalue weighted by Gasteiger charge is -2.24. The van der Waals surface area contributed by atoms with E-state index in [0.29, 0.717) is 23.7 Å². The van der Waals surface area contributed by atoms with Gasteiger partial charge in [0.15, 0.2) is 5.82 Å². The summed E-state index contributed by atoms with van der Waals surface area (Å²) < 4.78 is 5.81. The number of H-pyrrole nitrogens is 1. The summed E-state index contributed by atoms with van der Waals surface area (Å²) in [7, 11) is 1.75. The molecule has 3 rings (SSSR count). The quantitative estimate of drug-likeness (QED) is 0.913. The molecule has 2 aromatic rings. The molecule has 0 unspecified atom stereocenters. The molecule has 0 aromatic carbocycles. The largest absolute Gasteiger partial charge is 0.376 e. The number of nitrogens with one attached hydrogen (secondary N) is 1. The third-order valence-electron chi connectivity index (χ3n) is 4.34. The third-order valence-corrected chi connectivity index (χ3v) is 4.72. The number of likely N-dealkylation sites (N-methyl/N-ethyl adjacent to an activating group) is 1. The van der Waals surface area contributed by atoms with Crippen molar-refractivity contribution in [3.63, 3.8) is 0 Å². The highest BCUT2D eigenvalue weighted by atomic mass is 35.5. The average molecular weight is 350 g/mol. The van der Waals surface area contributed by atoms with Gasteiger partial charge in [-0.1, -0.05) is 11.6 Å². The fourth-order valence-corrected chi connectivity index (χ4v) is 3.08.